The van der Waals surface area contributed by atoms with Gasteiger partial charge in [0, 0.05) is 46.1 Å². The zero-order valence-corrected chi connectivity index (χ0v) is 17.3. The fourth-order valence-electron chi connectivity index (χ4n) is 4.65. The molecule has 1 aromatic heterocycles. The number of likely N-dealkylation sites (N-methyl/N-ethyl adjacent to an activating group) is 1. The highest BCUT2D eigenvalue weighted by molar-refractivity contribution is 6.04. The summed E-state index contributed by atoms with van der Waals surface area (Å²) in [6.45, 7) is 1.37. The van der Waals surface area contributed by atoms with E-state index in [0.717, 1.165) is 23.6 Å². The summed E-state index contributed by atoms with van der Waals surface area (Å²) >= 11 is 0. The Morgan fingerprint density at radius 1 is 1.27 bits per heavy atom. The second-order valence-corrected chi connectivity index (χ2v) is 8.35. The number of amides is 5. The minimum atomic E-state index is -0.438. The Morgan fingerprint density at radius 3 is 2.73 bits per heavy atom. The van der Waals surface area contributed by atoms with Crippen LogP contribution in [-0.4, -0.2) is 93.0 Å². The molecule has 1 aliphatic carbocycles. The molecule has 11 heteroatoms. The predicted molar refractivity (Wildman–Crippen MR) is 104 cm³/mol. The molecule has 11 nitrogen and oxygen atoms in total. The van der Waals surface area contributed by atoms with Gasteiger partial charge in [-0.05, 0) is 24.7 Å². The van der Waals surface area contributed by atoms with Crippen molar-refractivity contribution in [3.8, 4) is 0 Å². The minimum absolute atomic E-state index is 0.00734. The van der Waals surface area contributed by atoms with Gasteiger partial charge < -0.3 is 15.1 Å². The third-order valence-corrected chi connectivity index (χ3v) is 6.55. The van der Waals surface area contributed by atoms with Crippen LogP contribution < -0.4 is 5.32 Å². The van der Waals surface area contributed by atoms with E-state index in [1.54, 1.807) is 9.58 Å². The maximum absolute atomic E-state index is 12.7. The maximum Gasteiger partial charge on any atom is 0.327 e. The van der Waals surface area contributed by atoms with Gasteiger partial charge in [-0.15, -0.1) is 0 Å². The molecule has 3 aliphatic rings. The van der Waals surface area contributed by atoms with E-state index < -0.39 is 6.03 Å². The van der Waals surface area contributed by atoms with E-state index in [2.05, 4.69) is 15.4 Å². The molecule has 0 bridgehead atoms. The Hall–Kier alpha value is -2.98. The van der Waals surface area contributed by atoms with Gasteiger partial charge in [0.15, 0.2) is 0 Å². The number of hydrogen-bond acceptors (Lipinski definition) is 6. The number of carbonyl (C=O) groups excluding carboxylic acids is 4. The lowest BCUT2D eigenvalue weighted by Gasteiger charge is -2.50. The van der Waals surface area contributed by atoms with Crippen LogP contribution in [0.25, 0.3) is 0 Å². The van der Waals surface area contributed by atoms with E-state index in [-0.39, 0.29) is 42.6 Å². The largest absolute Gasteiger partial charge is 0.355 e. The summed E-state index contributed by atoms with van der Waals surface area (Å²) in [6.07, 6.45) is 3.79. The van der Waals surface area contributed by atoms with Crippen LogP contribution in [0.5, 0.6) is 0 Å². The number of imide groups is 1. The first kappa shape index (κ1) is 20.3. The summed E-state index contributed by atoms with van der Waals surface area (Å²) < 4.78 is 1.68. The molecule has 5 amide bonds. The SMILES string of the molecule is CN1CC(=O)N(CC(=O)N2CC[C@@H]3C[C@@H](C(=O)NCCc4ncnn4C)[C@@H]3C2)C1=O. The Bertz CT molecular complexity index is 869. The second kappa shape index (κ2) is 8.04. The summed E-state index contributed by atoms with van der Waals surface area (Å²) in [4.78, 5) is 57.4. The Balaban J connectivity index is 1.27. The zero-order chi connectivity index (χ0) is 21.4. The van der Waals surface area contributed by atoms with Crippen molar-refractivity contribution >= 4 is 23.8 Å². The molecule has 2 aliphatic heterocycles. The van der Waals surface area contributed by atoms with Crippen molar-refractivity contribution < 1.29 is 19.2 Å². The molecule has 2 saturated heterocycles. The van der Waals surface area contributed by atoms with Crippen LogP contribution in [0, 0.1) is 17.8 Å². The number of carbonyl (C=O) groups is 4. The minimum Gasteiger partial charge on any atom is -0.355 e. The van der Waals surface area contributed by atoms with Crippen molar-refractivity contribution in [3.63, 3.8) is 0 Å². The summed E-state index contributed by atoms with van der Waals surface area (Å²) in [6, 6.07) is -0.438. The van der Waals surface area contributed by atoms with Crippen LogP contribution in [0.1, 0.15) is 18.7 Å². The molecular weight excluding hydrogens is 390 g/mol. The number of aromatic nitrogens is 3. The van der Waals surface area contributed by atoms with Crippen LogP contribution in [0.2, 0.25) is 0 Å². The highest BCUT2D eigenvalue weighted by Gasteiger charge is 2.48. The summed E-state index contributed by atoms with van der Waals surface area (Å²) in [5, 5.41) is 6.99. The van der Waals surface area contributed by atoms with Crippen molar-refractivity contribution in [1.82, 2.24) is 34.8 Å². The summed E-state index contributed by atoms with van der Waals surface area (Å²) in [5.41, 5.74) is 0. The fraction of sp³-hybridized carbons (Fsp3) is 0.684. The predicted octanol–water partition coefficient (Wildman–Crippen LogP) is -1.15. The topological polar surface area (TPSA) is 121 Å². The molecule has 0 unspecified atom stereocenters. The molecule has 0 spiro atoms. The van der Waals surface area contributed by atoms with Crippen LogP contribution in [0.4, 0.5) is 4.79 Å². The van der Waals surface area contributed by atoms with E-state index in [1.165, 1.54) is 18.3 Å². The van der Waals surface area contributed by atoms with E-state index in [4.69, 9.17) is 0 Å². The lowest BCUT2D eigenvalue weighted by molar-refractivity contribution is -0.146. The molecule has 1 aromatic rings. The van der Waals surface area contributed by atoms with Crippen LogP contribution in [-0.2, 0) is 27.9 Å². The van der Waals surface area contributed by atoms with Gasteiger partial charge in [0.2, 0.25) is 11.8 Å². The average molecular weight is 417 g/mol. The van der Waals surface area contributed by atoms with Gasteiger partial charge in [0.25, 0.3) is 5.91 Å². The van der Waals surface area contributed by atoms with Gasteiger partial charge in [0.1, 0.15) is 25.2 Å². The fourth-order valence-corrected chi connectivity index (χ4v) is 4.65. The lowest BCUT2D eigenvalue weighted by Crippen LogP contribution is -2.57. The van der Waals surface area contributed by atoms with E-state index in [1.807, 2.05) is 7.05 Å². The number of nitrogens with one attached hydrogen (secondary N) is 1. The number of piperidine rings is 1. The number of fused-ring (bicyclic) bond motifs is 1. The Labute approximate surface area is 174 Å². The number of rotatable bonds is 6. The Morgan fingerprint density at radius 2 is 2.07 bits per heavy atom. The average Bonchev–Trinajstić information content (AvgIpc) is 3.20. The molecular formula is C19H27N7O4. The number of aryl methyl sites for hydroxylation is 1. The number of urea groups is 1. The highest BCUT2D eigenvalue weighted by atomic mass is 16.2. The number of nitrogens with zero attached hydrogens (tertiary/aromatic N) is 6. The van der Waals surface area contributed by atoms with Crippen molar-refractivity contribution in [3.05, 3.63) is 12.2 Å². The number of hydrogen-bond donors (Lipinski definition) is 1. The quantitative estimate of drug-likeness (QED) is 0.584. The summed E-state index contributed by atoms with van der Waals surface area (Å²) in [7, 11) is 3.35. The maximum atomic E-state index is 12.7. The molecule has 3 heterocycles. The normalized spacial score (nSPS) is 25.9. The first-order valence-electron chi connectivity index (χ1n) is 10.3. The van der Waals surface area contributed by atoms with Crippen LogP contribution in [0.3, 0.4) is 0 Å². The van der Waals surface area contributed by atoms with Gasteiger partial charge in [-0.3, -0.25) is 24.0 Å². The van der Waals surface area contributed by atoms with Crippen LogP contribution in [0.15, 0.2) is 6.33 Å². The number of likely N-dealkylation sites (tertiary alicyclic amines) is 1. The third-order valence-electron chi connectivity index (χ3n) is 6.55. The lowest BCUT2D eigenvalue weighted by atomic mass is 9.61. The zero-order valence-electron chi connectivity index (χ0n) is 17.3. The van der Waals surface area contributed by atoms with Gasteiger partial charge in [-0.1, -0.05) is 0 Å². The molecule has 3 fully saturated rings. The third kappa shape index (κ3) is 3.75. The van der Waals surface area contributed by atoms with Crippen molar-refractivity contribution in [2.75, 3.05) is 39.8 Å². The van der Waals surface area contributed by atoms with Crippen molar-refractivity contribution in [2.45, 2.75) is 19.3 Å². The van der Waals surface area contributed by atoms with Crippen molar-refractivity contribution in [2.24, 2.45) is 24.8 Å². The smallest absolute Gasteiger partial charge is 0.327 e. The second-order valence-electron chi connectivity index (χ2n) is 8.35. The molecule has 30 heavy (non-hydrogen) atoms. The van der Waals surface area contributed by atoms with Gasteiger partial charge in [-0.25, -0.2) is 9.78 Å². The first-order chi connectivity index (χ1) is 14.3. The van der Waals surface area contributed by atoms with Crippen LogP contribution >= 0.6 is 0 Å². The van der Waals surface area contributed by atoms with Gasteiger partial charge in [0.05, 0.1) is 0 Å². The molecule has 3 atom stereocenters. The van der Waals surface area contributed by atoms with Gasteiger partial charge in [-0.2, -0.15) is 5.10 Å². The standard InChI is InChI=1S/C19H27N7O4/c1-23-9-17(28)26(19(23)30)10-16(27)25-6-4-12-7-13(14(12)8-25)18(29)20-5-3-15-21-11-22-24(15)2/h11-14H,3-10H2,1-2H3,(H,20,29)/t12-,13-,14-/m1/s1. The molecule has 0 radical (unpaired) electrons. The summed E-state index contributed by atoms with van der Waals surface area (Å²) in [5.74, 6) is 0.710. The first-order valence-corrected chi connectivity index (χ1v) is 10.3. The van der Waals surface area contributed by atoms with Gasteiger partial charge >= 0.3 is 6.03 Å². The molecule has 4 rings (SSSR count). The molecule has 0 aromatic carbocycles. The van der Waals surface area contributed by atoms with E-state index in [9.17, 15) is 19.2 Å². The van der Waals surface area contributed by atoms with Crippen molar-refractivity contribution in [1.29, 1.82) is 0 Å². The highest BCUT2D eigenvalue weighted by Crippen LogP contribution is 2.45. The van der Waals surface area contributed by atoms with E-state index >= 15 is 0 Å². The molecule has 1 N–H and O–H groups in total. The monoisotopic (exact) mass is 417 g/mol. The van der Waals surface area contributed by atoms with E-state index in [0.29, 0.717) is 32.0 Å². The Kier molecular flexibility index (Phi) is 5.44. The molecule has 1 saturated carbocycles. The molecule has 162 valence electrons.